The third-order valence-electron chi connectivity index (χ3n) is 5.03. The lowest BCUT2D eigenvalue weighted by atomic mass is 9.79. The number of benzene rings is 1. The van der Waals surface area contributed by atoms with Crippen LogP contribution in [0.1, 0.15) is 56.5 Å². The van der Waals surface area contributed by atoms with E-state index < -0.39 is 0 Å². The number of ether oxygens (including phenoxy) is 1. The van der Waals surface area contributed by atoms with Crippen molar-refractivity contribution in [1.29, 1.82) is 0 Å². The van der Waals surface area contributed by atoms with E-state index in [4.69, 9.17) is 4.74 Å². The zero-order valence-corrected chi connectivity index (χ0v) is 18.0. The third kappa shape index (κ3) is 6.02. The summed E-state index contributed by atoms with van der Waals surface area (Å²) in [6.45, 7) is 9.46. The van der Waals surface area contributed by atoms with E-state index in [9.17, 15) is 4.79 Å². The van der Waals surface area contributed by atoms with Gasteiger partial charge in [-0.05, 0) is 71.3 Å². The summed E-state index contributed by atoms with van der Waals surface area (Å²) >= 11 is 0. The van der Waals surface area contributed by atoms with Crippen molar-refractivity contribution in [2.24, 2.45) is 0 Å². The Morgan fingerprint density at radius 1 is 1.17 bits per heavy atom. The molecule has 6 nitrogen and oxygen atoms in total. The summed E-state index contributed by atoms with van der Waals surface area (Å²) in [5.41, 5.74) is 1.64. The van der Waals surface area contributed by atoms with Crippen molar-refractivity contribution in [3.05, 3.63) is 53.7 Å². The number of carbonyl (C=O) groups is 1. The van der Waals surface area contributed by atoms with E-state index >= 15 is 0 Å². The number of piperidine rings is 1. The number of nitrogens with one attached hydrogen (secondary N) is 3. The van der Waals surface area contributed by atoms with Crippen LogP contribution in [0.15, 0.2) is 42.6 Å². The summed E-state index contributed by atoms with van der Waals surface area (Å²) in [7, 11) is 1.91. The van der Waals surface area contributed by atoms with Crippen LogP contribution in [-0.2, 0) is 6.54 Å². The highest BCUT2D eigenvalue weighted by Crippen LogP contribution is 2.28. The van der Waals surface area contributed by atoms with Crippen molar-refractivity contribution in [1.82, 2.24) is 20.9 Å². The van der Waals surface area contributed by atoms with Crippen molar-refractivity contribution < 1.29 is 9.53 Å². The Morgan fingerprint density at radius 3 is 2.52 bits per heavy atom. The van der Waals surface area contributed by atoms with Gasteiger partial charge in [-0.25, -0.2) is 4.98 Å². The van der Waals surface area contributed by atoms with Crippen LogP contribution in [0.2, 0.25) is 0 Å². The molecule has 1 fully saturated rings. The fraction of sp³-hybridized carbons (Fsp3) is 0.478. The van der Waals surface area contributed by atoms with Gasteiger partial charge in [0.15, 0.2) is 0 Å². The molecule has 3 N–H and O–H groups in total. The molecule has 0 atom stereocenters. The van der Waals surface area contributed by atoms with Crippen LogP contribution < -0.4 is 20.7 Å². The van der Waals surface area contributed by atoms with E-state index in [1.807, 2.05) is 31.3 Å². The summed E-state index contributed by atoms with van der Waals surface area (Å²) in [5.74, 6) is 1.09. The molecular formula is C23H32N4O2. The quantitative estimate of drug-likeness (QED) is 0.695. The van der Waals surface area contributed by atoms with Crippen LogP contribution in [0, 0.1) is 0 Å². The normalized spacial score (nSPS) is 18.2. The first-order valence-corrected chi connectivity index (χ1v) is 10.1. The number of hydrogen-bond acceptors (Lipinski definition) is 5. The Balaban J connectivity index is 1.62. The fourth-order valence-electron chi connectivity index (χ4n) is 4.31. The second kappa shape index (κ2) is 8.51. The van der Waals surface area contributed by atoms with Crippen LogP contribution in [0.3, 0.4) is 0 Å². The van der Waals surface area contributed by atoms with E-state index in [0.29, 0.717) is 11.4 Å². The summed E-state index contributed by atoms with van der Waals surface area (Å²) in [6, 6.07) is 11.5. The van der Waals surface area contributed by atoms with Crippen LogP contribution in [0.4, 0.5) is 0 Å². The Hall–Kier alpha value is -2.44. The lowest BCUT2D eigenvalue weighted by Gasteiger charge is -2.46. The largest absolute Gasteiger partial charge is 0.439 e. The van der Waals surface area contributed by atoms with Gasteiger partial charge in [0.05, 0.1) is 5.56 Å². The van der Waals surface area contributed by atoms with Gasteiger partial charge in [0, 0.05) is 35.9 Å². The summed E-state index contributed by atoms with van der Waals surface area (Å²) in [4.78, 5) is 17.0. The molecule has 0 unspecified atom stereocenters. The summed E-state index contributed by atoms with van der Waals surface area (Å²) in [5, 5.41) is 9.92. The van der Waals surface area contributed by atoms with E-state index in [1.54, 1.807) is 18.3 Å². The standard InChI is InChI=1S/C23H32N4O2/c1-22(2)12-18(13-23(3,4)27-22)26-21(28)17-9-10-20(25-15-17)29-19-8-6-7-16(11-19)14-24-5/h6-11,15,18,24,27H,12-14H2,1-5H3,(H,26,28). The molecule has 0 radical (unpaired) electrons. The second-order valence-corrected chi connectivity index (χ2v) is 9.14. The number of hydrogen-bond donors (Lipinski definition) is 3. The zero-order valence-electron chi connectivity index (χ0n) is 18.0. The molecule has 1 aliphatic heterocycles. The Morgan fingerprint density at radius 2 is 1.90 bits per heavy atom. The van der Waals surface area contributed by atoms with E-state index in [2.05, 4.69) is 48.6 Å². The average molecular weight is 397 g/mol. The van der Waals surface area contributed by atoms with Gasteiger partial charge in [0.2, 0.25) is 5.88 Å². The van der Waals surface area contributed by atoms with Gasteiger partial charge in [0.25, 0.3) is 5.91 Å². The number of amides is 1. The van der Waals surface area contributed by atoms with E-state index in [0.717, 1.165) is 30.7 Å². The lowest BCUT2D eigenvalue weighted by molar-refractivity contribution is 0.0873. The predicted molar refractivity (Wildman–Crippen MR) is 115 cm³/mol. The smallest absolute Gasteiger partial charge is 0.253 e. The first kappa shape index (κ1) is 21.3. The van der Waals surface area contributed by atoms with Gasteiger partial charge in [-0.3, -0.25) is 4.79 Å². The molecule has 2 aromatic rings. The van der Waals surface area contributed by atoms with Gasteiger partial charge < -0.3 is 20.7 Å². The molecule has 2 heterocycles. The highest BCUT2D eigenvalue weighted by Gasteiger charge is 2.38. The number of aromatic nitrogens is 1. The molecule has 1 amide bonds. The maximum atomic E-state index is 12.7. The van der Waals surface area contributed by atoms with Gasteiger partial charge in [0.1, 0.15) is 5.75 Å². The molecule has 1 aromatic heterocycles. The van der Waals surface area contributed by atoms with E-state index in [1.165, 1.54) is 0 Å². The Bertz CT molecular complexity index is 830. The minimum atomic E-state index is -0.0985. The molecule has 0 bridgehead atoms. The molecule has 6 heteroatoms. The molecule has 3 rings (SSSR count). The fourth-order valence-corrected chi connectivity index (χ4v) is 4.31. The van der Waals surface area contributed by atoms with Crippen LogP contribution in [0.5, 0.6) is 11.6 Å². The molecule has 1 aliphatic rings. The number of pyridine rings is 1. The van der Waals surface area contributed by atoms with Crippen molar-refractivity contribution in [2.45, 2.75) is 64.2 Å². The van der Waals surface area contributed by atoms with Crippen molar-refractivity contribution >= 4 is 5.91 Å². The SMILES string of the molecule is CNCc1cccc(Oc2ccc(C(=O)NC3CC(C)(C)NC(C)(C)C3)cn2)c1. The highest BCUT2D eigenvalue weighted by molar-refractivity contribution is 5.94. The summed E-state index contributed by atoms with van der Waals surface area (Å²) < 4.78 is 5.83. The first-order valence-electron chi connectivity index (χ1n) is 10.1. The van der Waals surface area contributed by atoms with Crippen LogP contribution in [-0.4, -0.2) is 35.1 Å². The maximum Gasteiger partial charge on any atom is 0.253 e. The molecule has 0 aliphatic carbocycles. The van der Waals surface area contributed by atoms with E-state index in [-0.39, 0.29) is 23.0 Å². The maximum absolute atomic E-state index is 12.7. The van der Waals surface area contributed by atoms with Crippen molar-refractivity contribution in [3.63, 3.8) is 0 Å². The van der Waals surface area contributed by atoms with Gasteiger partial charge >= 0.3 is 0 Å². The Labute approximate surface area is 173 Å². The molecule has 1 saturated heterocycles. The highest BCUT2D eigenvalue weighted by atomic mass is 16.5. The molecule has 0 saturated carbocycles. The van der Waals surface area contributed by atoms with Gasteiger partial charge in [-0.15, -0.1) is 0 Å². The van der Waals surface area contributed by atoms with Crippen molar-refractivity contribution in [2.75, 3.05) is 7.05 Å². The second-order valence-electron chi connectivity index (χ2n) is 9.14. The number of rotatable bonds is 6. The molecular weight excluding hydrogens is 364 g/mol. The topological polar surface area (TPSA) is 75.3 Å². The third-order valence-corrected chi connectivity index (χ3v) is 5.03. The molecule has 0 spiro atoms. The number of nitrogens with zero attached hydrogens (tertiary/aromatic N) is 1. The average Bonchev–Trinajstić information content (AvgIpc) is 2.60. The Kier molecular flexibility index (Phi) is 6.24. The van der Waals surface area contributed by atoms with Gasteiger partial charge in [-0.1, -0.05) is 12.1 Å². The van der Waals surface area contributed by atoms with Crippen molar-refractivity contribution in [3.8, 4) is 11.6 Å². The minimum absolute atomic E-state index is 0.0164. The van der Waals surface area contributed by atoms with Crippen LogP contribution >= 0.6 is 0 Å². The lowest BCUT2D eigenvalue weighted by Crippen LogP contribution is -2.62. The monoisotopic (exact) mass is 396 g/mol. The molecule has 1 aromatic carbocycles. The number of carbonyl (C=O) groups excluding carboxylic acids is 1. The first-order chi connectivity index (χ1) is 13.7. The zero-order chi connectivity index (χ0) is 21.1. The minimum Gasteiger partial charge on any atom is -0.439 e. The predicted octanol–water partition coefficient (Wildman–Crippen LogP) is 3.63. The van der Waals surface area contributed by atoms with Gasteiger partial charge in [-0.2, -0.15) is 0 Å². The molecule has 156 valence electrons. The molecule has 29 heavy (non-hydrogen) atoms. The van der Waals surface area contributed by atoms with Crippen LogP contribution in [0.25, 0.3) is 0 Å². The summed E-state index contributed by atoms with van der Waals surface area (Å²) in [6.07, 6.45) is 3.35.